The number of hydrogen-bond donors (Lipinski definition) is 3. The van der Waals surface area contributed by atoms with E-state index in [1.807, 2.05) is 6.92 Å². The molecule has 0 heterocycles. The van der Waals surface area contributed by atoms with Gasteiger partial charge in [-0.25, -0.2) is 0 Å². The normalized spacial score (nSPS) is 15.6. The second kappa shape index (κ2) is 6.86. The molecule has 0 aliphatic rings. The van der Waals surface area contributed by atoms with Crippen molar-refractivity contribution in [2.45, 2.75) is 59.1 Å². The summed E-state index contributed by atoms with van der Waals surface area (Å²) in [5.41, 5.74) is 5.71. The van der Waals surface area contributed by atoms with E-state index in [2.05, 4.69) is 26.1 Å². The summed E-state index contributed by atoms with van der Waals surface area (Å²) < 4.78 is 0. The number of nitrogens with two attached hydrogens (primary N) is 1. The van der Waals surface area contributed by atoms with Gasteiger partial charge in [-0.2, -0.15) is 0 Å². The first-order valence-corrected chi connectivity index (χ1v) is 5.97. The SMILES string of the molecule is CCC[C@H](N)C(=O)NCC(O)CC(C)(C)C. The molecular formula is C12H26N2O2. The highest BCUT2D eigenvalue weighted by Gasteiger charge is 2.18. The number of carbonyl (C=O) groups is 1. The van der Waals surface area contributed by atoms with Gasteiger partial charge in [-0.1, -0.05) is 34.1 Å². The minimum atomic E-state index is -0.502. The number of aliphatic hydroxyl groups is 1. The molecule has 4 N–H and O–H groups in total. The van der Waals surface area contributed by atoms with Crippen LogP contribution in [0, 0.1) is 5.41 Å². The molecule has 0 rings (SSSR count). The largest absolute Gasteiger partial charge is 0.391 e. The zero-order valence-electron chi connectivity index (χ0n) is 10.9. The van der Waals surface area contributed by atoms with Gasteiger partial charge in [0.05, 0.1) is 12.1 Å². The first-order chi connectivity index (χ1) is 7.26. The van der Waals surface area contributed by atoms with Crippen LogP contribution in [0.15, 0.2) is 0 Å². The van der Waals surface area contributed by atoms with Crippen molar-refractivity contribution in [2.24, 2.45) is 11.1 Å². The maximum Gasteiger partial charge on any atom is 0.237 e. The van der Waals surface area contributed by atoms with Crippen LogP contribution in [0.5, 0.6) is 0 Å². The summed E-state index contributed by atoms with van der Waals surface area (Å²) in [4.78, 5) is 11.5. The van der Waals surface area contributed by atoms with E-state index in [1.165, 1.54) is 0 Å². The molecule has 0 fully saturated rings. The smallest absolute Gasteiger partial charge is 0.237 e. The van der Waals surface area contributed by atoms with Gasteiger partial charge in [-0.3, -0.25) is 4.79 Å². The third-order valence-corrected chi connectivity index (χ3v) is 2.30. The van der Waals surface area contributed by atoms with Gasteiger partial charge in [0.25, 0.3) is 0 Å². The molecule has 4 heteroatoms. The van der Waals surface area contributed by atoms with Crippen LogP contribution >= 0.6 is 0 Å². The molecule has 0 saturated heterocycles. The van der Waals surface area contributed by atoms with Crippen molar-refractivity contribution in [3.8, 4) is 0 Å². The zero-order valence-corrected chi connectivity index (χ0v) is 10.9. The van der Waals surface area contributed by atoms with Crippen LogP contribution in [-0.4, -0.2) is 29.7 Å². The molecule has 1 unspecified atom stereocenters. The van der Waals surface area contributed by atoms with Crippen LogP contribution in [0.4, 0.5) is 0 Å². The molecule has 0 aromatic carbocycles. The molecule has 0 radical (unpaired) electrons. The fourth-order valence-corrected chi connectivity index (χ4v) is 1.57. The summed E-state index contributed by atoms with van der Waals surface area (Å²) in [5.74, 6) is -0.171. The van der Waals surface area contributed by atoms with Crippen molar-refractivity contribution in [2.75, 3.05) is 6.54 Å². The van der Waals surface area contributed by atoms with E-state index in [1.54, 1.807) is 0 Å². The predicted molar refractivity (Wildman–Crippen MR) is 66.0 cm³/mol. The van der Waals surface area contributed by atoms with Crippen LogP contribution < -0.4 is 11.1 Å². The lowest BCUT2D eigenvalue weighted by atomic mass is 9.89. The Kier molecular flexibility index (Phi) is 6.60. The Labute approximate surface area is 98.6 Å². The molecule has 0 saturated carbocycles. The average Bonchev–Trinajstić information content (AvgIpc) is 2.11. The topological polar surface area (TPSA) is 75.4 Å². The number of hydrogen-bond acceptors (Lipinski definition) is 3. The van der Waals surface area contributed by atoms with Gasteiger partial charge < -0.3 is 16.2 Å². The Balaban J connectivity index is 3.83. The van der Waals surface area contributed by atoms with Gasteiger partial charge in [0.1, 0.15) is 0 Å². The van der Waals surface area contributed by atoms with E-state index < -0.39 is 12.1 Å². The molecule has 2 atom stereocenters. The highest BCUT2D eigenvalue weighted by Crippen LogP contribution is 2.20. The van der Waals surface area contributed by atoms with Crippen molar-refractivity contribution in [1.82, 2.24) is 5.32 Å². The molecule has 0 spiro atoms. The van der Waals surface area contributed by atoms with Crippen LogP contribution in [0.3, 0.4) is 0 Å². The standard InChI is InChI=1S/C12H26N2O2/c1-5-6-10(13)11(16)14-8-9(15)7-12(2,3)4/h9-10,15H,5-8,13H2,1-4H3,(H,14,16)/t9?,10-/m0/s1. The first kappa shape index (κ1) is 15.4. The lowest BCUT2D eigenvalue weighted by molar-refractivity contribution is -0.123. The third-order valence-electron chi connectivity index (χ3n) is 2.30. The van der Waals surface area contributed by atoms with Gasteiger partial charge in [0.15, 0.2) is 0 Å². The number of nitrogens with one attached hydrogen (secondary N) is 1. The van der Waals surface area contributed by atoms with Crippen LogP contribution in [-0.2, 0) is 4.79 Å². The Hall–Kier alpha value is -0.610. The number of carbonyl (C=O) groups excluding carboxylic acids is 1. The molecule has 0 aliphatic carbocycles. The van der Waals surface area contributed by atoms with Crippen LogP contribution in [0.2, 0.25) is 0 Å². The highest BCUT2D eigenvalue weighted by atomic mass is 16.3. The molecule has 1 amide bonds. The minimum Gasteiger partial charge on any atom is -0.391 e. The Bertz CT molecular complexity index is 212. The van der Waals surface area contributed by atoms with Gasteiger partial charge in [0, 0.05) is 6.54 Å². The Morgan fingerprint density at radius 1 is 1.44 bits per heavy atom. The average molecular weight is 230 g/mol. The molecule has 96 valence electrons. The summed E-state index contributed by atoms with van der Waals surface area (Å²) in [5, 5.41) is 12.4. The van der Waals surface area contributed by atoms with Gasteiger partial charge in [0.2, 0.25) is 5.91 Å². The molecule has 0 aromatic heterocycles. The van der Waals surface area contributed by atoms with Gasteiger partial charge in [-0.15, -0.1) is 0 Å². The third kappa shape index (κ3) is 7.65. The van der Waals surface area contributed by atoms with E-state index in [9.17, 15) is 9.90 Å². The molecular weight excluding hydrogens is 204 g/mol. The maximum absolute atomic E-state index is 11.5. The van der Waals surface area contributed by atoms with Crippen molar-refractivity contribution in [3.05, 3.63) is 0 Å². The molecule has 0 bridgehead atoms. The lowest BCUT2D eigenvalue weighted by Gasteiger charge is -2.23. The summed E-state index contributed by atoms with van der Waals surface area (Å²) in [7, 11) is 0. The minimum absolute atomic E-state index is 0.0652. The summed E-state index contributed by atoms with van der Waals surface area (Å²) in [6.07, 6.45) is 1.73. The van der Waals surface area contributed by atoms with E-state index in [0.29, 0.717) is 12.8 Å². The molecule has 16 heavy (non-hydrogen) atoms. The Morgan fingerprint density at radius 2 is 2.00 bits per heavy atom. The van der Waals surface area contributed by atoms with Crippen molar-refractivity contribution >= 4 is 5.91 Å². The summed E-state index contributed by atoms with van der Waals surface area (Å²) >= 11 is 0. The highest BCUT2D eigenvalue weighted by molar-refractivity contribution is 5.81. The fourth-order valence-electron chi connectivity index (χ4n) is 1.57. The predicted octanol–water partition coefficient (Wildman–Crippen LogP) is 1.03. The van der Waals surface area contributed by atoms with Crippen LogP contribution in [0.25, 0.3) is 0 Å². The number of rotatable bonds is 6. The monoisotopic (exact) mass is 230 g/mol. The van der Waals surface area contributed by atoms with Crippen molar-refractivity contribution < 1.29 is 9.90 Å². The summed E-state index contributed by atoms with van der Waals surface area (Å²) in [6, 6.07) is -0.452. The molecule has 0 aromatic rings. The number of amides is 1. The van der Waals surface area contributed by atoms with Gasteiger partial charge >= 0.3 is 0 Å². The van der Waals surface area contributed by atoms with Crippen molar-refractivity contribution in [1.29, 1.82) is 0 Å². The molecule has 0 aliphatic heterocycles. The van der Waals surface area contributed by atoms with E-state index in [-0.39, 0.29) is 17.9 Å². The second-order valence-corrected chi connectivity index (χ2v) is 5.56. The van der Waals surface area contributed by atoms with Gasteiger partial charge in [-0.05, 0) is 18.3 Å². The molecule has 4 nitrogen and oxygen atoms in total. The lowest BCUT2D eigenvalue weighted by Crippen LogP contribution is -2.43. The van der Waals surface area contributed by atoms with Crippen molar-refractivity contribution in [3.63, 3.8) is 0 Å². The maximum atomic E-state index is 11.5. The van der Waals surface area contributed by atoms with E-state index in [0.717, 1.165) is 6.42 Å². The number of aliphatic hydroxyl groups excluding tert-OH is 1. The summed E-state index contributed by atoms with van der Waals surface area (Å²) in [6.45, 7) is 8.44. The first-order valence-electron chi connectivity index (χ1n) is 5.97. The quantitative estimate of drug-likeness (QED) is 0.638. The van der Waals surface area contributed by atoms with E-state index >= 15 is 0 Å². The van der Waals surface area contributed by atoms with Crippen LogP contribution in [0.1, 0.15) is 47.0 Å². The fraction of sp³-hybridized carbons (Fsp3) is 0.917. The van der Waals surface area contributed by atoms with E-state index in [4.69, 9.17) is 5.73 Å². The second-order valence-electron chi connectivity index (χ2n) is 5.56. The Morgan fingerprint density at radius 3 is 2.44 bits per heavy atom. The zero-order chi connectivity index (χ0) is 12.8.